The van der Waals surface area contributed by atoms with Crippen LogP contribution in [0.1, 0.15) is 46.8 Å². The van der Waals surface area contributed by atoms with Crippen LogP contribution in [0.25, 0.3) is 5.69 Å². The maximum absolute atomic E-state index is 13.2. The number of hydrogen-bond acceptors (Lipinski definition) is 3. The number of benzene rings is 1. The fraction of sp³-hybridized carbons (Fsp3) is 0.350. The first-order valence-electron chi connectivity index (χ1n) is 9.03. The Labute approximate surface area is 153 Å². The Bertz CT molecular complexity index is 926. The van der Waals surface area contributed by atoms with Gasteiger partial charge >= 0.3 is 0 Å². The van der Waals surface area contributed by atoms with Gasteiger partial charge in [-0.25, -0.2) is 4.68 Å². The number of likely N-dealkylation sites (tertiary alicyclic amines) is 1. The van der Waals surface area contributed by atoms with Gasteiger partial charge < -0.3 is 4.90 Å². The lowest BCUT2D eigenvalue weighted by atomic mass is 9.97. The van der Waals surface area contributed by atoms with Crippen LogP contribution in [0.15, 0.2) is 49.1 Å². The van der Waals surface area contributed by atoms with Crippen molar-refractivity contribution in [3.05, 3.63) is 65.7 Å². The topological polar surface area (TPSA) is 56.0 Å². The zero-order valence-corrected chi connectivity index (χ0v) is 15.2. The van der Waals surface area contributed by atoms with Crippen molar-refractivity contribution in [2.75, 3.05) is 6.54 Å². The summed E-state index contributed by atoms with van der Waals surface area (Å²) in [5.41, 5.74) is 3.85. The summed E-state index contributed by atoms with van der Waals surface area (Å²) in [5, 5.41) is 8.69. The van der Waals surface area contributed by atoms with Gasteiger partial charge in [0.25, 0.3) is 5.91 Å². The second kappa shape index (κ2) is 6.78. The summed E-state index contributed by atoms with van der Waals surface area (Å²) < 4.78 is 3.58. The second-order valence-corrected chi connectivity index (χ2v) is 6.92. The highest BCUT2D eigenvalue weighted by Gasteiger charge is 2.30. The van der Waals surface area contributed by atoms with Crippen molar-refractivity contribution in [1.29, 1.82) is 0 Å². The zero-order chi connectivity index (χ0) is 18.1. The molecular weight excluding hydrogens is 326 g/mol. The number of nitrogens with zero attached hydrogens (tertiary/aromatic N) is 5. The largest absolute Gasteiger partial charge is 0.331 e. The molecule has 1 amide bonds. The molecule has 1 aliphatic rings. The fourth-order valence-electron chi connectivity index (χ4n) is 3.68. The van der Waals surface area contributed by atoms with E-state index in [1.807, 2.05) is 61.7 Å². The molecule has 1 aliphatic heterocycles. The summed E-state index contributed by atoms with van der Waals surface area (Å²) in [5.74, 6) is 0.0402. The summed E-state index contributed by atoms with van der Waals surface area (Å²) in [4.78, 5) is 15.1. The molecule has 0 aliphatic carbocycles. The van der Waals surface area contributed by atoms with Gasteiger partial charge in [-0.3, -0.25) is 9.48 Å². The fourth-order valence-corrected chi connectivity index (χ4v) is 3.68. The average molecular weight is 349 g/mol. The third-order valence-corrected chi connectivity index (χ3v) is 5.07. The van der Waals surface area contributed by atoms with E-state index in [-0.39, 0.29) is 11.9 Å². The van der Waals surface area contributed by atoms with Crippen LogP contribution in [-0.4, -0.2) is 36.9 Å². The van der Waals surface area contributed by atoms with Crippen LogP contribution in [0.3, 0.4) is 0 Å². The molecule has 3 aromatic rings. The SMILES string of the molecule is Cc1ccccc1-n1cc(C(=O)N2CCCCC2c2cnn(C)c2)cn1. The Hall–Kier alpha value is -2.89. The predicted octanol–water partition coefficient (Wildman–Crippen LogP) is 3.28. The lowest BCUT2D eigenvalue weighted by Gasteiger charge is -2.35. The highest BCUT2D eigenvalue weighted by molar-refractivity contribution is 5.94. The minimum absolute atomic E-state index is 0.0402. The predicted molar refractivity (Wildman–Crippen MR) is 99.1 cm³/mol. The number of piperidine rings is 1. The monoisotopic (exact) mass is 349 g/mol. The molecule has 4 rings (SSSR count). The third kappa shape index (κ3) is 3.03. The first-order chi connectivity index (χ1) is 12.6. The van der Waals surface area contributed by atoms with E-state index in [2.05, 4.69) is 10.2 Å². The summed E-state index contributed by atoms with van der Waals surface area (Å²) in [6.45, 7) is 2.81. The van der Waals surface area contributed by atoms with Crippen LogP contribution < -0.4 is 0 Å². The Morgan fingerprint density at radius 3 is 2.73 bits per heavy atom. The quantitative estimate of drug-likeness (QED) is 0.729. The van der Waals surface area contributed by atoms with Gasteiger partial charge in [-0.1, -0.05) is 18.2 Å². The molecule has 26 heavy (non-hydrogen) atoms. The molecule has 1 fully saturated rings. The molecule has 0 bridgehead atoms. The standard InChI is InChI=1S/C20H23N5O/c1-15-7-3-4-8-18(15)25-14-17(12-22-25)20(26)24-10-6-5-9-19(24)16-11-21-23(2)13-16/h3-4,7-8,11-14,19H,5-6,9-10H2,1-2H3. The van der Waals surface area contributed by atoms with Gasteiger partial charge in [0, 0.05) is 31.5 Å². The first kappa shape index (κ1) is 16.6. The van der Waals surface area contributed by atoms with Gasteiger partial charge in [0.1, 0.15) is 0 Å². The van der Waals surface area contributed by atoms with Crippen molar-refractivity contribution in [3.8, 4) is 5.69 Å². The van der Waals surface area contributed by atoms with Crippen molar-refractivity contribution in [2.24, 2.45) is 7.05 Å². The molecule has 0 spiro atoms. The Morgan fingerprint density at radius 1 is 1.12 bits per heavy atom. The molecule has 1 unspecified atom stereocenters. The van der Waals surface area contributed by atoms with Crippen LogP contribution >= 0.6 is 0 Å². The van der Waals surface area contributed by atoms with Crippen LogP contribution in [0, 0.1) is 6.92 Å². The molecule has 0 N–H and O–H groups in total. The average Bonchev–Trinajstić information content (AvgIpc) is 3.31. The van der Waals surface area contributed by atoms with Crippen molar-refractivity contribution in [1.82, 2.24) is 24.5 Å². The van der Waals surface area contributed by atoms with Gasteiger partial charge in [-0.05, 0) is 37.8 Å². The maximum Gasteiger partial charge on any atom is 0.257 e. The van der Waals surface area contributed by atoms with E-state index in [0.717, 1.165) is 42.6 Å². The Balaban J connectivity index is 1.61. The van der Waals surface area contributed by atoms with E-state index in [1.54, 1.807) is 15.6 Å². The van der Waals surface area contributed by atoms with Crippen molar-refractivity contribution >= 4 is 5.91 Å². The number of hydrogen-bond donors (Lipinski definition) is 0. The van der Waals surface area contributed by atoms with E-state index in [0.29, 0.717) is 5.56 Å². The molecule has 1 atom stereocenters. The van der Waals surface area contributed by atoms with Crippen molar-refractivity contribution < 1.29 is 4.79 Å². The van der Waals surface area contributed by atoms with E-state index in [1.165, 1.54) is 0 Å². The molecule has 6 nitrogen and oxygen atoms in total. The number of amides is 1. The van der Waals surface area contributed by atoms with Gasteiger partial charge in [0.2, 0.25) is 0 Å². The van der Waals surface area contributed by atoms with Crippen molar-refractivity contribution in [3.63, 3.8) is 0 Å². The molecule has 3 heterocycles. The minimum Gasteiger partial charge on any atom is -0.331 e. The van der Waals surface area contributed by atoms with Crippen LogP contribution in [0.2, 0.25) is 0 Å². The highest BCUT2D eigenvalue weighted by atomic mass is 16.2. The van der Waals surface area contributed by atoms with Crippen LogP contribution in [-0.2, 0) is 7.05 Å². The van der Waals surface area contributed by atoms with E-state index in [9.17, 15) is 4.79 Å². The van der Waals surface area contributed by atoms with E-state index in [4.69, 9.17) is 0 Å². The van der Waals surface area contributed by atoms with E-state index < -0.39 is 0 Å². The Kier molecular flexibility index (Phi) is 4.32. The summed E-state index contributed by atoms with van der Waals surface area (Å²) in [6, 6.07) is 8.12. The minimum atomic E-state index is 0.0402. The maximum atomic E-state index is 13.2. The van der Waals surface area contributed by atoms with Gasteiger partial charge in [0.05, 0.1) is 29.7 Å². The first-order valence-corrected chi connectivity index (χ1v) is 9.03. The molecule has 134 valence electrons. The zero-order valence-electron chi connectivity index (χ0n) is 15.2. The molecule has 0 radical (unpaired) electrons. The normalized spacial score (nSPS) is 17.5. The molecule has 1 saturated heterocycles. The molecular formula is C20H23N5O. The Morgan fingerprint density at radius 2 is 1.96 bits per heavy atom. The lowest BCUT2D eigenvalue weighted by molar-refractivity contribution is 0.0611. The van der Waals surface area contributed by atoms with Crippen LogP contribution in [0.5, 0.6) is 0 Å². The lowest BCUT2D eigenvalue weighted by Crippen LogP contribution is -2.38. The smallest absolute Gasteiger partial charge is 0.257 e. The third-order valence-electron chi connectivity index (χ3n) is 5.07. The summed E-state index contributed by atoms with van der Waals surface area (Å²) in [6.07, 6.45) is 10.5. The molecule has 1 aromatic carbocycles. The molecule has 0 saturated carbocycles. The summed E-state index contributed by atoms with van der Waals surface area (Å²) >= 11 is 0. The number of rotatable bonds is 3. The van der Waals surface area contributed by atoms with Crippen molar-refractivity contribution in [2.45, 2.75) is 32.2 Å². The van der Waals surface area contributed by atoms with Crippen LogP contribution in [0.4, 0.5) is 0 Å². The van der Waals surface area contributed by atoms with Gasteiger partial charge in [-0.15, -0.1) is 0 Å². The van der Waals surface area contributed by atoms with Gasteiger partial charge in [0.15, 0.2) is 0 Å². The number of para-hydroxylation sites is 1. The number of aromatic nitrogens is 4. The number of carbonyl (C=O) groups is 1. The summed E-state index contributed by atoms with van der Waals surface area (Å²) in [7, 11) is 1.91. The number of aryl methyl sites for hydroxylation is 2. The van der Waals surface area contributed by atoms with E-state index >= 15 is 0 Å². The second-order valence-electron chi connectivity index (χ2n) is 6.92. The number of carbonyl (C=O) groups excluding carboxylic acids is 1. The molecule has 6 heteroatoms. The highest BCUT2D eigenvalue weighted by Crippen LogP contribution is 2.31. The molecule has 2 aromatic heterocycles. The van der Waals surface area contributed by atoms with Gasteiger partial charge in [-0.2, -0.15) is 10.2 Å².